The number of hydrogen-bond acceptors (Lipinski definition) is 9. The highest BCUT2D eigenvalue weighted by atomic mass is 16.6. The minimum atomic E-state index is -2.25. The average Bonchev–Trinajstić information content (AvgIpc) is 2.70. The molecule has 2 N–H and O–H groups in total. The molecule has 198 valence electrons. The average molecular weight is 496 g/mol. The number of fused-ring (bicyclic) bond motifs is 3. The predicted molar refractivity (Wildman–Crippen MR) is 127 cm³/mol. The van der Waals surface area contributed by atoms with Crippen LogP contribution in [0, 0.1) is 16.7 Å². The van der Waals surface area contributed by atoms with Crippen molar-refractivity contribution in [3.05, 3.63) is 12.7 Å². The topological polar surface area (TPSA) is 123 Å². The highest BCUT2D eigenvalue weighted by molar-refractivity contribution is 5.92. The first-order valence-electron chi connectivity index (χ1n) is 12.2. The van der Waals surface area contributed by atoms with Crippen molar-refractivity contribution in [2.24, 2.45) is 16.7 Å². The molecule has 9 nitrogen and oxygen atoms in total. The molecule has 1 unspecified atom stereocenters. The normalized spacial score (nSPS) is 44.7. The molecule has 0 aromatic carbocycles. The van der Waals surface area contributed by atoms with Gasteiger partial charge in [0.05, 0.1) is 17.6 Å². The highest BCUT2D eigenvalue weighted by Crippen LogP contribution is 2.67. The van der Waals surface area contributed by atoms with Crippen molar-refractivity contribution in [2.45, 2.75) is 95.9 Å². The predicted octanol–water partition coefficient (Wildman–Crippen LogP) is 1.63. The fourth-order valence-electron chi connectivity index (χ4n) is 7.21. The quantitative estimate of drug-likeness (QED) is 0.433. The van der Waals surface area contributed by atoms with E-state index < -0.39 is 69.6 Å². The second-order valence-corrected chi connectivity index (χ2v) is 12.1. The summed E-state index contributed by atoms with van der Waals surface area (Å²) in [6, 6.07) is 0. The number of esters is 2. The Labute approximate surface area is 207 Å². The fourth-order valence-corrected chi connectivity index (χ4v) is 7.21. The smallest absolute Gasteiger partial charge is 0.320 e. The van der Waals surface area contributed by atoms with E-state index in [1.54, 1.807) is 32.8 Å². The van der Waals surface area contributed by atoms with Crippen LogP contribution in [0.15, 0.2) is 12.7 Å². The Morgan fingerprint density at radius 3 is 2.31 bits per heavy atom. The van der Waals surface area contributed by atoms with Crippen molar-refractivity contribution >= 4 is 17.7 Å². The lowest BCUT2D eigenvalue weighted by Gasteiger charge is -2.71. The monoisotopic (exact) mass is 495 g/mol. The number of aliphatic hydroxyl groups excluding tert-OH is 1. The first-order chi connectivity index (χ1) is 15.9. The molecule has 8 atom stereocenters. The van der Waals surface area contributed by atoms with E-state index >= 15 is 0 Å². The second kappa shape index (κ2) is 8.64. The first-order valence-corrected chi connectivity index (χ1v) is 12.2. The molecule has 0 bridgehead atoms. The van der Waals surface area contributed by atoms with Crippen LogP contribution in [0.4, 0.5) is 0 Å². The van der Waals surface area contributed by atoms with Gasteiger partial charge in [-0.25, -0.2) is 0 Å². The number of ketones is 1. The second-order valence-electron chi connectivity index (χ2n) is 12.1. The molecule has 3 fully saturated rings. The van der Waals surface area contributed by atoms with Gasteiger partial charge in [-0.15, -0.1) is 6.58 Å². The highest BCUT2D eigenvalue weighted by Gasteiger charge is 2.81. The fraction of sp³-hybridized carbons (Fsp3) is 0.808. The zero-order chi connectivity index (χ0) is 26.8. The van der Waals surface area contributed by atoms with Crippen molar-refractivity contribution in [1.82, 2.24) is 4.90 Å². The standard InChI is InChI=1S/C26H41NO8/c1-10-23(5)13-16(29)26(32)24(6)17(34-18(30)14-27(8)9)11-12-22(3,4)20(24)19(33-15(2)28)21(31)25(26,7)35-23/h10,17,19-21,31-32H,1,11-14H2,2-9H3/t17?,19-,20-,21-,23-,24-,25+,26-/m0/s1. The summed E-state index contributed by atoms with van der Waals surface area (Å²) in [7, 11) is 3.48. The molecule has 9 heteroatoms. The summed E-state index contributed by atoms with van der Waals surface area (Å²) in [6.45, 7) is 13.8. The molecule has 0 radical (unpaired) electrons. The van der Waals surface area contributed by atoms with Gasteiger partial charge in [0.25, 0.3) is 0 Å². The summed E-state index contributed by atoms with van der Waals surface area (Å²) in [5.41, 5.74) is -7.31. The number of Topliss-reactive ketones (excluding diaryl/α,β-unsaturated/α-hetero) is 1. The van der Waals surface area contributed by atoms with Crippen LogP contribution in [0.3, 0.4) is 0 Å². The molecule has 0 aromatic rings. The molecule has 2 aliphatic carbocycles. The Balaban J connectivity index is 2.29. The lowest BCUT2D eigenvalue weighted by molar-refractivity contribution is -0.370. The van der Waals surface area contributed by atoms with E-state index in [-0.39, 0.29) is 13.0 Å². The van der Waals surface area contributed by atoms with E-state index in [9.17, 15) is 24.6 Å². The molecule has 0 amide bonds. The zero-order valence-electron chi connectivity index (χ0n) is 22.2. The maximum Gasteiger partial charge on any atom is 0.320 e. The molecule has 2 saturated carbocycles. The minimum absolute atomic E-state index is 0.0192. The molecule has 3 aliphatic rings. The summed E-state index contributed by atoms with van der Waals surface area (Å²) in [5.74, 6) is -2.37. The van der Waals surface area contributed by atoms with Gasteiger partial charge in [-0.3, -0.25) is 19.3 Å². The van der Waals surface area contributed by atoms with E-state index in [1.807, 2.05) is 13.8 Å². The van der Waals surface area contributed by atoms with Gasteiger partial charge in [-0.1, -0.05) is 26.8 Å². The Morgan fingerprint density at radius 1 is 1.20 bits per heavy atom. The van der Waals surface area contributed by atoms with Crippen LogP contribution in [-0.4, -0.2) is 88.6 Å². The Bertz CT molecular complexity index is 917. The molecule has 35 heavy (non-hydrogen) atoms. The van der Waals surface area contributed by atoms with E-state index in [0.717, 1.165) is 0 Å². The maximum absolute atomic E-state index is 13.9. The van der Waals surface area contributed by atoms with E-state index in [4.69, 9.17) is 14.2 Å². The molecular formula is C26H41NO8. The largest absolute Gasteiger partial charge is 0.461 e. The number of hydrogen-bond donors (Lipinski definition) is 2. The van der Waals surface area contributed by atoms with Crippen LogP contribution in [0.1, 0.15) is 60.8 Å². The third kappa shape index (κ3) is 3.95. The van der Waals surface area contributed by atoms with Crippen LogP contribution in [-0.2, 0) is 28.6 Å². The van der Waals surface area contributed by atoms with Crippen LogP contribution in [0.25, 0.3) is 0 Å². The first kappa shape index (κ1) is 27.8. The summed E-state index contributed by atoms with van der Waals surface area (Å²) in [5, 5.41) is 24.2. The maximum atomic E-state index is 13.9. The molecule has 1 aliphatic heterocycles. The lowest BCUT2D eigenvalue weighted by Crippen LogP contribution is -2.86. The Hall–Kier alpha value is -1.81. The number of carbonyl (C=O) groups excluding carboxylic acids is 3. The van der Waals surface area contributed by atoms with E-state index in [1.165, 1.54) is 19.9 Å². The molecule has 1 heterocycles. The van der Waals surface area contributed by atoms with Crippen molar-refractivity contribution in [1.29, 1.82) is 0 Å². The van der Waals surface area contributed by atoms with E-state index in [2.05, 4.69) is 6.58 Å². The Kier molecular flexibility index (Phi) is 6.86. The molecular weight excluding hydrogens is 454 g/mol. The minimum Gasteiger partial charge on any atom is -0.461 e. The number of carbonyl (C=O) groups is 3. The number of rotatable bonds is 5. The summed E-state index contributed by atoms with van der Waals surface area (Å²) in [4.78, 5) is 40.6. The van der Waals surface area contributed by atoms with Crippen LogP contribution in [0.2, 0.25) is 0 Å². The third-order valence-corrected chi connectivity index (χ3v) is 8.72. The van der Waals surface area contributed by atoms with Gasteiger partial charge in [0, 0.05) is 19.3 Å². The van der Waals surface area contributed by atoms with Crippen molar-refractivity contribution < 1.29 is 38.8 Å². The van der Waals surface area contributed by atoms with Gasteiger partial charge in [-0.2, -0.15) is 0 Å². The van der Waals surface area contributed by atoms with Gasteiger partial charge >= 0.3 is 11.9 Å². The summed E-state index contributed by atoms with van der Waals surface area (Å²) in [6.07, 6.45) is -1.30. The lowest BCUT2D eigenvalue weighted by atomic mass is 9.39. The molecule has 3 rings (SSSR count). The van der Waals surface area contributed by atoms with E-state index in [0.29, 0.717) is 12.8 Å². The van der Waals surface area contributed by atoms with Crippen LogP contribution in [0.5, 0.6) is 0 Å². The van der Waals surface area contributed by atoms with Crippen LogP contribution >= 0.6 is 0 Å². The SMILES string of the molecule is C=C[C@@]1(C)CC(=O)[C@]2(O)[C@@]3(C)C(OC(=O)CN(C)C)CCC(C)(C)[C@@H]3[C@H](OC(C)=O)[C@H](O)[C@@]2(C)O1. The van der Waals surface area contributed by atoms with Gasteiger partial charge in [0.2, 0.25) is 0 Å². The number of aliphatic hydroxyl groups is 2. The number of nitrogens with zero attached hydrogens (tertiary/aromatic N) is 1. The van der Waals surface area contributed by atoms with Crippen molar-refractivity contribution in [3.63, 3.8) is 0 Å². The van der Waals surface area contributed by atoms with Crippen molar-refractivity contribution in [3.8, 4) is 0 Å². The van der Waals surface area contributed by atoms with Crippen LogP contribution < -0.4 is 0 Å². The molecule has 0 spiro atoms. The number of ether oxygens (including phenoxy) is 3. The van der Waals surface area contributed by atoms with Gasteiger partial charge < -0.3 is 24.4 Å². The number of likely N-dealkylation sites (N-methyl/N-ethyl adjacent to an activating group) is 1. The Morgan fingerprint density at radius 2 is 1.80 bits per heavy atom. The summed E-state index contributed by atoms with van der Waals surface area (Å²) < 4.78 is 18.0. The molecule has 0 aromatic heterocycles. The third-order valence-electron chi connectivity index (χ3n) is 8.72. The van der Waals surface area contributed by atoms with Gasteiger partial charge in [0.1, 0.15) is 23.9 Å². The summed E-state index contributed by atoms with van der Waals surface area (Å²) >= 11 is 0. The van der Waals surface area contributed by atoms with Crippen molar-refractivity contribution in [2.75, 3.05) is 20.6 Å². The van der Waals surface area contributed by atoms with Gasteiger partial charge in [0.15, 0.2) is 11.4 Å². The van der Waals surface area contributed by atoms with Gasteiger partial charge in [-0.05, 0) is 46.2 Å². The zero-order valence-corrected chi connectivity index (χ0v) is 22.2. The molecule has 1 saturated heterocycles.